The Morgan fingerprint density at radius 3 is 2.24 bits per heavy atom. The van der Waals surface area contributed by atoms with Crippen molar-refractivity contribution >= 4 is 22.4 Å². The van der Waals surface area contributed by atoms with Gasteiger partial charge in [-0.25, -0.2) is 0 Å². The first-order valence-electron chi connectivity index (χ1n) is 5.15. The summed E-state index contributed by atoms with van der Waals surface area (Å²) >= 11 is 5.68. The second kappa shape index (κ2) is 5.43. The minimum absolute atomic E-state index is 0.425. The van der Waals surface area contributed by atoms with Crippen LogP contribution in [0.2, 0.25) is 0 Å². The summed E-state index contributed by atoms with van der Waals surface area (Å²) in [7, 11) is -0.932. The van der Waals surface area contributed by atoms with Crippen molar-refractivity contribution < 1.29 is 4.21 Å². The van der Waals surface area contributed by atoms with Crippen LogP contribution < -0.4 is 0 Å². The third kappa shape index (κ3) is 2.93. The van der Waals surface area contributed by atoms with Gasteiger partial charge in [0, 0.05) is 33.7 Å². The Labute approximate surface area is 108 Å². The molecule has 1 unspecified atom stereocenters. The van der Waals surface area contributed by atoms with Gasteiger partial charge in [-0.05, 0) is 23.8 Å². The fourth-order valence-electron chi connectivity index (χ4n) is 1.51. The summed E-state index contributed by atoms with van der Waals surface area (Å²) in [6.45, 7) is 0. The summed E-state index contributed by atoms with van der Waals surface area (Å²) in [4.78, 5) is 5.07. The summed E-state index contributed by atoms with van der Waals surface area (Å²) < 4.78 is 11.3. The fraction of sp³-hybridized carbons (Fsp3) is 0.154. The molecule has 1 aromatic carbocycles. The van der Waals surface area contributed by atoms with E-state index < -0.39 is 10.8 Å². The number of hydrogen-bond acceptors (Lipinski definition) is 2. The van der Waals surface area contributed by atoms with E-state index in [1.807, 2.05) is 36.4 Å². The molecule has 0 bridgehead atoms. The molecule has 1 atom stereocenters. The first-order valence-corrected chi connectivity index (χ1v) is 7.24. The first-order chi connectivity index (χ1) is 8.20. The van der Waals surface area contributed by atoms with Crippen molar-refractivity contribution in [2.45, 2.75) is 10.8 Å². The van der Waals surface area contributed by atoms with E-state index in [1.54, 1.807) is 12.5 Å². The fourth-order valence-corrected chi connectivity index (χ4v) is 2.19. The Morgan fingerprint density at radius 1 is 1.12 bits per heavy atom. The van der Waals surface area contributed by atoms with Crippen LogP contribution in [0, 0.1) is 0 Å². The van der Waals surface area contributed by atoms with Crippen LogP contribution >= 0.6 is 11.6 Å². The minimum Gasteiger partial charge on any atom is -0.259 e. The number of halogens is 1. The van der Waals surface area contributed by atoms with Gasteiger partial charge in [0.05, 0.1) is 11.6 Å². The molecule has 0 aliphatic heterocycles. The van der Waals surface area contributed by atoms with Crippen molar-refractivity contribution in [3.8, 4) is 11.1 Å². The summed E-state index contributed by atoms with van der Waals surface area (Å²) in [5, 5.41) is 0. The van der Waals surface area contributed by atoms with Gasteiger partial charge in [-0.15, -0.1) is 11.6 Å². The third-order valence-electron chi connectivity index (χ3n) is 2.48. The van der Waals surface area contributed by atoms with Crippen LogP contribution in [0.15, 0.2) is 47.5 Å². The van der Waals surface area contributed by atoms with Gasteiger partial charge in [-0.2, -0.15) is 0 Å². The van der Waals surface area contributed by atoms with Crippen molar-refractivity contribution in [2.24, 2.45) is 0 Å². The Bertz CT molecular complexity index is 522. The number of benzene rings is 1. The van der Waals surface area contributed by atoms with E-state index in [0.717, 1.165) is 21.7 Å². The highest BCUT2D eigenvalue weighted by atomic mass is 35.5. The number of pyridine rings is 1. The van der Waals surface area contributed by atoms with E-state index in [9.17, 15) is 4.21 Å². The van der Waals surface area contributed by atoms with Gasteiger partial charge in [-0.3, -0.25) is 9.19 Å². The molecule has 0 N–H and O–H groups in total. The zero-order chi connectivity index (χ0) is 12.3. The third-order valence-corrected chi connectivity index (χ3v) is 3.69. The van der Waals surface area contributed by atoms with Gasteiger partial charge in [0.25, 0.3) is 0 Å². The molecular weight excluding hydrogens is 254 g/mol. The van der Waals surface area contributed by atoms with Crippen LogP contribution in [0.25, 0.3) is 11.1 Å². The van der Waals surface area contributed by atoms with Crippen LogP contribution in [0.5, 0.6) is 0 Å². The Kier molecular flexibility index (Phi) is 3.92. The molecule has 0 radical (unpaired) electrons. The zero-order valence-corrected chi connectivity index (χ0v) is 11.0. The van der Waals surface area contributed by atoms with E-state index >= 15 is 0 Å². The molecule has 2 nitrogen and oxygen atoms in total. The maximum atomic E-state index is 11.3. The lowest BCUT2D eigenvalue weighted by Gasteiger charge is -2.03. The molecule has 0 saturated carbocycles. The van der Waals surface area contributed by atoms with Gasteiger partial charge in [0.1, 0.15) is 0 Å². The summed E-state index contributed by atoms with van der Waals surface area (Å²) in [5.41, 5.74) is 2.96. The minimum atomic E-state index is -0.932. The van der Waals surface area contributed by atoms with Crippen LogP contribution in [0.3, 0.4) is 0 Å². The van der Waals surface area contributed by atoms with Crippen LogP contribution in [0.4, 0.5) is 0 Å². The van der Waals surface area contributed by atoms with Crippen molar-refractivity contribution in [3.63, 3.8) is 0 Å². The van der Waals surface area contributed by atoms with Crippen LogP contribution in [-0.2, 0) is 16.7 Å². The second-order valence-corrected chi connectivity index (χ2v) is 5.30. The topological polar surface area (TPSA) is 30.0 Å². The molecule has 0 spiro atoms. The van der Waals surface area contributed by atoms with Crippen molar-refractivity contribution in [1.82, 2.24) is 4.98 Å². The Balaban J connectivity index is 2.29. The number of rotatable bonds is 3. The number of alkyl halides is 1. The second-order valence-electron chi connectivity index (χ2n) is 3.65. The van der Waals surface area contributed by atoms with Crippen LogP contribution in [0.1, 0.15) is 5.69 Å². The smallest absolute Gasteiger partial charge is 0.0647 e. The number of aromatic nitrogens is 1. The predicted octanol–water partition coefficient (Wildman–Crippen LogP) is 3.22. The molecule has 1 aromatic heterocycles. The Morgan fingerprint density at radius 2 is 1.76 bits per heavy atom. The van der Waals surface area contributed by atoms with Crippen LogP contribution in [-0.4, -0.2) is 15.4 Å². The first kappa shape index (κ1) is 12.3. The average Bonchev–Trinajstić information content (AvgIpc) is 2.39. The average molecular weight is 266 g/mol. The number of hydrogen-bond donors (Lipinski definition) is 0. The van der Waals surface area contributed by atoms with Crippen molar-refractivity contribution in [3.05, 3.63) is 48.3 Å². The summed E-state index contributed by atoms with van der Waals surface area (Å²) in [5.74, 6) is 0.425. The molecule has 2 aromatic rings. The van der Waals surface area contributed by atoms with Crippen molar-refractivity contribution in [2.75, 3.05) is 6.26 Å². The van der Waals surface area contributed by atoms with Gasteiger partial charge >= 0.3 is 0 Å². The van der Waals surface area contributed by atoms with E-state index in [0.29, 0.717) is 5.88 Å². The maximum Gasteiger partial charge on any atom is 0.0647 e. The van der Waals surface area contributed by atoms with Gasteiger partial charge in [0.2, 0.25) is 0 Å². The molecule has 1 heterocycles. The summed E-state index contributed by atoms with van der Waals surface area (Å²) in [6.07, 6.45) is 3.47. The molecule has 88 valence electrons. The van der Waals surface area contributed by atoms with Gasteiger partial charge in [-0.1, -0.05) is 18.2 Å². The maximum absolute atomic E-state index is 11.3. The lowest BCUT2D eigenvalue weighted by atomic mass is 10.1. The normalized spacial score (nSPS) is 12.4. The molecule has 17 heavy (non-hydrogen) atoms. The highest BCUT2D eigenvalue weighted by Crippen LogP contribution is 2.20. The molecular formula is C13H12ClNOS. The quantitative estimate of drug-likeness (QED) is 0.798. The Hall–Kier alpha value is -1.19. The molecule has 0 amide bonds. The van der Waals surface area contributed by atoms with Gasteiger partial charge < -0.3 is 0 Å². The van der Waals surface area contributed by atoms with E-state index in [2.05, 4.69) is 4.98 Å². The molecule has 0 saturated heterocycles. The summed E-state index contributed by atoms with van der Waals surface area (Å²) in [6, 6.07) is 11.6. The molecule has 0 aliphatic rings. The van der Waals surface area contributed by atoms with E-state index in [1.165, 1.54) is 0 Å². The van der Waals surface area contributed by atoms with E-state index in [-0.39, 0.29) is 0 Å². The lowest BCUT2D eigenvalue weighted by Crippen LogP contribution is -1.88. The standard InChI is InChI=1S/C13H12ClNOS/c1-17(16)13-6-3-10(4-7-13)11-2-5-12(8-14)15-9-11/h2-7,9H,8H2,1H3. The number of nitrogens with zero attached hydrogens (tertiary/aromatic N) is 1. The largest absolute Gasteiger partial charge is 0.259 e. The van der Waals surface area contributed by atoms with Crippen molar-refractivity contribution in [1.29, 1.82) is 0 Å². The molecule has 0 fully saturated rings. The van der Waals surface area contributed by atoms with E-state index in [4.69, 9.17) is 11.6 Å². The predicted molar refractivity (Wildman–Crippen MR) is 71.6 cm³/mol. The lowest BCUT2D eigenvalue weighted by molar-refractivity contribution is 0.687. The molecule has 2 rings (SSSR count). The van der Waals surface area contributed by atoms with Gasteiger partial charge in [0.15, 0.2) is 0 Å². The molecule has 0 aliphatic carbocycles. The highest BCUT2D eigenvalue weighted by molar-refractivity contribution is 7.84. The highest BCUT2D eigenvalue weighted by Gasteiger charge is 2.01. The molecule has 4 heteroatoms. The SMILES string of the molecule is CS(=O)c1ccc(-c2ccc(CCl)nc2)cc1. The zero-order valence-electron chi connectivity index (χ0n) is 9.39. The monoisotopic (exact) mass is 265 g/mol.